The van der Waals surface area contributed by atoms with Crippen LogP contribution in [-0.2, 0) is 4.79 Å². The van der Waals surface area contributed by atoms with Crippen LogP contribution in [0.15, 0.2) is 46.9 Å². The zero-order valence-corrected chi connectivity index (χ0v) is 12.7. The van der Waals surface area contributed by atoms with Gasteiger partial charge in [-0.2, -0.15) is 0 Å². The summed E-state index contributed by atoms with van der Waals surface area (Å²) in [7, 11) is 0. The van der Waals surface area contributed by atoms with Gasteiger partial charge in [0.15, 0.2) is 0 Å². The highest BCUT2D eigenvalue weighted by Gasteiger charge is 2.23. The van der Waals surface area contributed by atoms with E-state index in [0.29, 0.717) is 6.42 Å². The molecule has 102 valence electrons. The van der Waals surface area contributed by atoms with Crippen LogP contribution in [0.3, 0.4) is 0 Å². The van der Waals surface area contributed by atoms with Gasteiger partial charge in [-0.15, -0.1) is 0 Å². The average Bonchev–Trinajstić information content (AvgIpc) is 2.63. The van der Waals surface area contributed by atoms with Crippen LogP contribution in [0.25, 0.3) is 0 Å². The van der Waals surface area contributed by atoms with Gasteiger partial charge in [-0.3, -0.25) is 4.79 Å². The Bertz CT molecular complexity index is 655. The number of fused-ring (bicyclic) bond motifs is 1. The number of benzene rings is 2. The largest absolute Gasteiger partial charge is 0.376 e. The summed E-state index contributed by atoms with van der Waals surface area (Å²) < 4.78 is 1.03. The number of amides is 1. The van der Waals surface area contributed by atoms with Gasteiger partial charge >= 0.3 is 0 Å². The molecule has 1 atom stereocenters. The maximum Gasteiger partial charge on any atom is 0.226 e. The molecular formula is C16H15BrN2O. The fraction of sp³-hybridized carbons (Fsp3) is 0.188. The van der Waals surface area contributed by atoms with Crippen molar-refractivity contribution in [2.24, 2.45) is 0 Å². The van der Waals surface area contributed by atoms with E-state index in [-0.39, 0.29) is 11.9 Å². The van der Waals surface area contributed by atoms with Gasteiger partial charge in [0.25, 0.3) is 0 Å². The van der Waals surface area contributed by atoms with E-state index in [4.69, 9.17) is 0 Å². The highest BCUT2D eigenvalue weighted by Crippen LogP contribution is 2.37. The van der Waals surface area contributed by atoms with E-state index < -0.39 is 0 Å². The van der Waals surface area contributed by atoms with Crippen molar-refractivity contribution < 1.29 is 4.79 Å². The second kappa shape index (κ2) is 5.29. The lowest BCUT2D eigenvalue weighted by Gasteiger charge is -2.19. The third-order valence-electron chi connectivity index (χ3n) is 3.58. The number of hydrogen-bond donors (Lipinski definition) is 2. The van der Waals surface area contributed by atoms with Crippen molar-refractivity contribution in [3.63, 3.8) is 0 Å². The van der Waals surface area contributed by atoms with Gasteiger partial charge in [-0.05, 0) is 30.2 Å². The van der Waals surface area contributed by atoms with Gasteiger partial charge in [0.2, 0.25) is 5.91 Å². The Morgan fingerprint density at radius 3 is 2.65 bits per heavy atom. The second-order valence-electron chi connectivity index (χ2n) is 4.95. The van der Waals surface area contributed by atoms with E-state index in [9.17, 15) is 4.79 Å². The Kier molecular flexibility index (Phi) is 3.49. The predicted molar refractivity (Wildman–Crippen MR) is 84.9 cm³/mol. The number of nitrogens with one attached hydrogen (secondary N) is 2. The maximum atomic E-state index is 12.1. The first-order valence-corrected chi connectivity index (χ1v) is 7.35. The van der Waals surface area contributed by atoms with E-state index in [0.717, 1.165) is 27.0 Å². The summed E-state index contributed by atoms with van der Waals surface area (Å²) in [4.78, 5) is 12.1. The Labute approximate surface area is 126 Å². The Balaban J connectivity index is 2.05. The zero-order chi connectivity index (χ0) is 14.1. The molecule has 2 N–H and O–H groups in total. The molecule has 1 amide bonds. The van der Waals surface area contributed by atoms with Gasteiger partial charge in [0.05, 0.1) is 23.8 Å². The van der Waals surface area contributed by atoms with Crippen molar-refractivity contribution >= 4 is 33.2 Å². The average molecular weight is 331 g/mol. The third-order valence-corrected chi connectivity index (χ3v) is 4.44. The Morgan fingerprint density at radius 1 is 1.15 bits per heavy atom. The Hall–Kier alpha value is -1.81. The second-order valence-corrected chi connectivity index (χ2v) is 5.81. The van der Waals surface area contributed by atoms with Gasteiger partial charge in [-0.1, -0.05) is 46.3 Å². The summed E-state index contributed by atoms with van der Waals surface area (Å²) in [5.41, 5.74) is 4.05. The lowest BCUT2D eigenvalue weighted by atomic mass is 10.0. The zero-order valence-electron chi connectivity index (χ0n) is 11.1. The van der Waals surface area contributed by atoms with Gasteiger partial charge in [-0.25, -0.2) is 0 Å². The molecule has 2 aromatic carbocycles. The molecule has 1 aliphatic rings. The van der Waals surface area contributed by atoms with Crippen LogP contribution in [0.5, 0.6) is 0 Å². The molecule has 20 heavy (non-hydrogen) atoms. The molecule has 0 unspecified atom stereocenters. The van der Waals surface area contributed by atoms with Crippen LogP contribution in [0.2, 0.25) is 0 Å². The highest BCUT2D eigenvalue weighted by molar-refractivity contribution is 9.10. The molecule has 0 spiro atoms. The van der Waals surface area contributed by atoms with Crippen molar-refractivity contribution in [2.75, 3.05) is 10.6 Å². The predicted octanol–water partition coefficient (Wildman–Crippen LogP) is 4.25. The SMILES string of the molecule is Cc1c(Br)ccc2c1N[C@@H](c1ccccc1)CC(=O)N2. The van der Waals surface area contributed by atoms with Crippen LogP contribution >= 0.6 is 15.9 Å². The number of carbonyl (C=O) groups is 1. The van der Waals surface area contributed by atoms with E-state index >= 15 is 0 Å². The van der Waals surface area contributed by atoms with Gasteiger partial charge in [0.1, 0.15) is 0 Å². The molecule has 0 fully saturated rings. The Morgan fingerprint density at radius 2 is 1.90 bits per heavy atom. The number of anilines is 2. The molecule has 3 nitrogen and oxygen atoms in total. The molecular weight excluding hydrogens is 316 g/mol. The van der Waals surface area contributed by atoms with Crippen molar-refractivity contribution in [1.29, 1.82) is 0 Å². The molecule has 0 radical (unpaired) electrons. The van der Waals surface area contributed by atoms with Crippen LogP contribution < -0.4 is 10.6 Å². The lowest BCUT2D eigenvalue weighted by Crippen LogP contribution is -2.15. The van der Waals surface area contributed by atoms with Crippen LogP contribution in [0.1, 0.15) is 23.6 Å². The summed E-state index contributed by atoms with van der Waals surface area (Å²) in [5, 5.41) is 6.47. The third kappa shape index (κ3) is 2.43. The van der Waals surface area contributed by atoms with E-state index in [1.807, 2.05) is 49.4 Å². The van der Waals surface area contributed by atoms with Gasteiger partial charge < -0.3 is 10.6 Å². The monoisotopic (exact) mass is 330 g/mol. The van der Waals surface area contributed by atoms with Crippen LogP contribution in [-0.4, -0.2) is 5.91 Å². The number of halogens is 1. The van der Waals surface area contributed by atoms with Crippen molar-refractivity contribution in [3.8, 4) is 0 Å². The summed E-state index contributed by atoms with van der Waals surface area (Å²) in [6.07, 6.45) is 0.426. The summed E-state index contributed by atoms with van der Waals surface area (Å²) in [5.74, 6) is 0.0341. The minimum absolute atomic E-state index is 0.00884. The van der Waals surface area contributed by atoms with E-state index in [2.05, 4.69) is 26.6 Å². The van der Waals surface area contributed by atoms with E-state index in [1.165, 1.54) is 0 Å². The molecule has 3 rings (SSSR count). The summed E-state index contributed by atoms with van der Waals surface area (Å²) >= 11 is 3.54. The molecule has 0 bridgehead atoms. The van der Waals surface area contributed by atoms with Crippen molar-refractivity contribution in [2.45, 2.75) is 19.4 Å². The van der Waals surface area contributed by atoms with E-state index in [1.54, 1.807) is 0 Å². The molecule has 4 heteroatoms. The molecule has 2 aromatic rings. The minimum Gasteiger partial charge on any atom is -0.376 e. The molecule has 1 aliphatic heterocycles. The first kappa shape index (κ1) is 13.2. The molecule has 0 saturated heterocycles. The highest BCUT2D eigenvalue weighted by atomic mass is 79.9. The summed E-state index contributed by atoms with van der Waals surface area (Å²) in [6, 6.07) is 13.9. The number of hydrogen-bond acceptors (Lipinski definition) is 2. The number of rotatable bonds is 1. The minimum atomic E-state index is -0.00884. The fourth-order valence-electron chi connectivity index (χ4n) is 2.47. The summed E-state index contributed by atoms with van der Waals surface area (Å²) in [6.45, 7) is 2.04. The van der Waals surface area contributed by atoms with Crippen LogP contribution in [0, 0.1) is 6.92 Å². The normalized spacial score (nSPS) is 17.7. The maximum absolute atomic E-state index is 12.1. The lowest BCUT2D eigenvalue weighted by molar-refractivity contribution is -0.116. The molecule has 1 heterocycles. The fourth-order valence-corrected chi connectivity index (χ4v) is 2.81. The smallest absolute Gasteiger partial charge is 0.226 e. The first-order valence-electron chi connectivity index (χ1n) is 6.55. The number of carbonyl (C=O) groups excluding carboxylic acids is 1. The quantitative estimate of drug-likeness (QED) is 0.820. The molecule has 0 aliphatic carbocycles. The topological polar surface area (TPSA) is 41.1 Å². The van der Waals surface area contributed by atoms with Crippen molar-refractivity contribution in [3.05, 3.63) is 58.1 Å². The van der Waals surface area contributed by atoms with Crippen LogP contribution in [0.4, 0.5) is 11.4 Å². The van der Waals surface area contributed by atoms with Crippen molar-refractivity contribution in [1.82, 2.24) is 0 Å². The first-order chi connectivity index (χ1) is 9.65. The molecule has 0 saturated carbocycles. The van der Waals surface area contributed by atoms with Gasteiger partial charge in [0, 0.05) is 4.47 Å². The molecule has 0 aromatic heterocycles. The standard InChI is InChI=1S/C16H15BrN2O/c1-10-12(17)7-8-13-16(10)19-14(9-15(20)18-13)11-5-3-2-4-6-11/h2-8,14,19H,9H2,1H3,(H,18,20)/t14-/m1/s1.